The zero-order valence-corrected chi connectivity index (χ0v) is 10.7. The Bertz CT molecular complexity index is 557. The molecule has 2 heterocycles. The Hall–Kier alpha value is -1.75. The van der Waals surface area contributed by atoms with E-state index in [2.05, 4.69) is 31.2 Å². The summed E-state index contributed by atoms with van der Waals surface area (Å²) in [5, 5.41) is 2.80. The van der Waals surface area contributed by atoms with E-state index in [9.17, 15) is 4.79 Å². The third-order valence-corrected chi connectivity index (χ3v) is 2.71. The molecule has 0 bridgehead atoms. The molecule has 5 heteroatoms. The molecule has 4 nitrogen and oxygen atoms in total. The molecule has 1 amide bonds. The van der Waals surface area contributed by atoms with Crippen LogP contribution in [0.4, 0.5) is 5.69 Å². The number of rotatable bonds is 2. The van der Waals surface area contributed by atoms with E-state index >= 15 is 0 Å². The Labute approximate surface area is 107 Å². The van der Waals surface area contributed by atoms with E-state index in [4.69, 9.17) is 0 Å². The summed E-state index contributed by atoms with van der Waals surface area (Å²) < 4.78 is 0.632. The van der Waals surface area contributed by atoms with Gasteiger partial charge in [-0.05, 0) is 46.6 Å². The smallest absolute Gasteiger partial charge is 0.255 e. The normalized spacial score (nSPS) is 10.0. The van der Waals surface area contributed by atoms with E-state index in [0.29, 0.717) is 15.9 Å². The van der Waals surface area contributed by atoms with Crippen LogP contribution in [0.25, 0.3) is 0 Å². The highest BCUT2D eigenvalue weighted by Crippen LogP contribution is 2.14. The number of hydrogen-bond donors (Lipinski definition) is 1. The first-order valence-electron chi connectivity index (χ1n) is 5.00. The van der Waals surface area contributed by atoms with Gasteiger partial charge in [0.25, 0.3) is 5.91 Å². The molecule has 0 radical (unpaired) electrons. The molecule has 0 aliphatic rings. The van der Waals surface area contributed by atoms with Crippen molar-refractivity contribution in [2.24, 2.45) is 0 Å². The fraction of sp³-hybridized carbons (Fsp3) is 0.0833. The van der Waals surface area contributed by atoms with Gasteiger partial charge in [-0.3, -0.25) is 9.78 Å². The molecule has 2 aromatic rings. The Morgan fingerprint density at radius 2 is 2.18 bits per heavy atom. The average Bonchev–Trinajstić information content (AvgIpc) is 2.32. The number of amides is 1. The van der Waals surface area contributed by atoms with Crippen LogP contribution < -0.4 is 5.32 Å². The van der Waals surface area contributed by atoms with Crippen LogP contribution in [0.15, 0.2) is 41.4 Å². The fourth-order valence-corrected chi connectivity index (χ4v) is 1.70. The van der Waals surface area contributed by atoms with E-state index in [1.54, 1.807) is 30.7 Å². The summed E-state index contributed by atoms with van der Waals surface area (Å²) in [4.78, 5) is 19.9. The maximum absolute atomic E-state index is 11.9. The van der Waals surface area contributed by atoms with Crippen molar-refractivity contribution in [3.05, 3.63) is 52.5 Å². The zero-order chi connectivity index (χ0) is 12.3. The summed E-state index contributed by atoms with van der Waals surface area (Å²) in [5.41, 5.74) is 2.24. The molecular weight excluding hydrogens is 282 g/mol. The largest absolute Gasteiger partial charge is 0.320 e. The summed E-state index contributed by atoms with van der Waals surface area (Å²) in [6.45, 7) is 1.92. The van der Waals surface area contributed by atoms with Gasteiger partial charge in [0.15, 0.2) is 0 Å². The number of aryl methyl sites for hydroxylation is 1. The summed E-state index contributed by atoms with van der Waals surface area (Å²) in [7, 11) is 0. The maximum atomic E-state index is 11.9. The van der Waals surface area contributed by atoms with Gasteiger partial charge in [-0.2, -0.15) is 0 Å². The topological polar surface area (TPSA) is 54.9 Å². The highest BCUT2D eigenvalue weighted by Gasteiger charge is 2.08. The molecule has 2 rings (SSSR count). The predicted molar refractivity (Wildman–Crippen MR) is 68.9 cm³/mol. The van der Waals surface area contributed by atoms with Gasteiger partial charge in [0, 0.05) is 18.0 Å². The lowest BCUT2D eigenvalue weighted by Gasteiger charge is -2.07. The minimum absolute atomic E-state index is 0.177. The molecule has 2 aromatic heterocycles. The Kier molecular flexibility index (Phi) is 3.49. The van der Waals surface area contributed by atoms with Gasteiger partial charge in [0.05, 0.1) is 11.9 Å². The van der Waals surface area contributed by atoms with Crippen LogP contribution in [0.2, 0.25) is 0 Å². The second-order valence-corrected chi connectivity index (χ2v) is 4.32. The van der Waals surface area contributed by atoms with E-state index in [0.717, 1.165) is 5.56 Å². The van der Waals surface area contributed by atoms with Crippen LogP contribution in [0.3, 0.4) is 0 Å². The highest BCUT2D eigenvalue weighted by atomic mass is 79.9. The van der Waals surface area contributed by atoms with Crippen molar-refractivity contribution in [3.63, 3.8) is 0 Å². The van der Waals surface area contributed by atoms with Gasteiger partial charge >= 0.3 is 0 Å². The number of halogens is 1. The number of pyridine rings is 2. The molecular formula is C12H10BrN3O. The van der Waals surface area contributed by atoms with Gasteiger partial charge in [0.1, 0.15) is 4.60 Å². The molecule has 1 N–H and O–H groups in total. The van der Waals surface area contributed by atoms with Crippen molar-refractivity contribution in [2.45, 2.75) is 6.92 Å². The molecule has 0 aliphatic heterocycles. The number of anilines is 1. The second kappa shape index (κ2) is 5.05. The van der Waals surface area contributed by atoms with Crippen LogP contribution in [-0.2, 0) is 0 Å². The quantitative estimate of drug-likeness (QED) is 0.866. The predicted octanol–water partition coefficient (Wildman–Crippen LogP) is 2.80. The Balaban J connectivity index is 2.20. The van der Waals surface area contributed by atoms with Gasteiger partial charge < -0.3 is 5.32 Å². The lowest BCUT2D eigenvalue weighted by atomic mass is 10.2. The molecule has 0 fully saturated rings. The first kappa shape index (κ1) is 11.7. The van der Waals surface area contributed by atoms with Crippen LogP contribution in [0.5, 0.6) is 0 Å². The first-order valence-corrected chi connectivity index (χ1v) is 5.79. The Morgan fingerprint density at radius 3 is 2.88 bits per heavy atom. The monoisotopic (exact) mass is 291 g/mol. The number of nitrogens with zero attached hydrogens (tertiary/aromatic N) is 2. The van der Waals surface area contributed by atoms with Crippen LogP contribution >= 0.6 is 15.9 Å². The summed E-state index contributed by atoms with van der Waals surface area (Å²) in [6.07, 6.45) is 4.90. The standard InChI is InChI=1S/C12H10BrN3O/c1-8-2-4-14-7-10(8)16-12(17)9-3-5-15-11(13)6-9/h2-7H,1H3,(H,16,17). The van der Waals surface area contributed by atoms with E-state index in [1.807, 2.05) is 13.0 Å². The van der Waals surface area contributed by atoms with Gasteiger partial charge in [-0.1, -0.05) is 0 Å². The van der Waals surface area contributed by atoms with Crippen LogP contribution in [0.1, 0.15) is 15.9 Å². The number of carbonyl (C=O) groups is 1. The third-order valence-electron chi connectivity index (χ3n) is 2.28. The molecule has 0 aromatic carbocycles. The molecule has 0 aliphatic carbocycles. The Morgan fingerprint density at radius 1 is 1.35 bits per heavy atom. The first-order chi connectivity index (χ1) is 8.16. The van der Waals surface area contributed by atoms with E-state index in [1.165, 1.54) is 0 Å². The minimum Gasteiger partial charge on any atom is -0.320 e. The van der Waals surface area contributed by atoms with Crippen molar-refractivity contribution in [1.82, 2.24) is 9.97 Å². The average molecular weight is 292 g/mol. The van der Waals surface area contributed by atoms with Crippen molar-refractivity contribution in [1.29, 1.82) is 0 Å². The molecule has 0 saturated carbocycles. The van der Waals surface area contributed by atoms with Gasteiger partial charge in [-0.25, -0.2) is 4.98 Å². The SMILES string of the molecule is Cc1ccncc1NC(=O)c1ccnc(Br)c1. The van der Waals surface area contributed by atoms with Gasteiger partial charge in [-0.15, -0.1) is 0 Å². The molecule has 0 spiro atoms. The number of hydrogen-bond acceptors (Lipinski definition) is 3. The second-order valence-electron chi connectivity index (χ2n) is 3.51. The number of aromatic nitrogens is 2. The summed E-state index contributed by atoms with van der Waals surface area (Å²) in [5.74, 6) is -0.177. The molecule has 86 valence electrons. The third kappa shape index (κ3) is 2.88. The van der Waals surface area contributed by atoms with Crippen LogP contribution in [0, 0.1) is 6.92 Å². The molecule has 17 heavy (non-hydrogen) atoms. The van der Waals surface area contributed by atoms with Crippen molar-refractivity contribution in [2.75, 3.05) is 5.32 Å². The minimum atomic E-state index is -0.177. The van der Waals surface area contributed by atoms with Crippen molar-refractivity contribution >= 4 is 27.5 Å². The van der Waals surface area contributed by atoms with Gasteiger partial charge in [0.2, 0.25) is 0 Å². The lowest BCUT2D eigenvalue weighted by Crippen LogP contribution is -2.13. The molecule has 0 saturated heterocycles. The fourth-order valence-electron chi connectivity index (χ4n) is 1.33. The number of carbonyl (C=O) groups excluding carboxylic acids is 1. The lowest BCUT2D eigenvalue weighted by molar-refractivity contribution is 0.102. The van der Waals surface area contributed by atoms with Crippen molar-refractivity contribution in [3.8, 4) is 0 Å². The van der Waals surface area contributed by atoms with E-state index in [-0.39, 0.29) is 5.91 Å². The highest BCUT2D eigenvalue weighted by molar-refractivity contribution is 9.10. The molecule has 0 atom stereocenters. The van der Waals surface area contributed by atoms with Crippen molar-refractivity contribution < 1.29 is 4.79 Å². The summed E-state index contributed by atoms with van der Waals surface area (Å²) in [6, 6.07) is 5.17. The zero-order valence-electron chi connectivity index (χ0n) is 9.14. The van der Waals surface area contributed by atoms with Crippen LogP contribution in [-0.4, -0.2) is 15.9 Å². The summed E-state index contributed by atoms with van der Waals surface area (Å²) >= 11 is 3.23. The van der Waals surface area contributed by atoms with E-state index < -0.39 is 0 Å². The maximum Gasteiger partial charge on any atom is 0.255 e. The number of nitrogens with one attached hydrogen (secondary N) is 1. The molecule has 0 unspecified atom stereocenters.